The summed E-state index contributed by atoms with van der Waals surface area (Å²) in [6.45, 7) is 1.35. The van der Waals surface area contributed by atoms with Crippen molar-refractivity contribution < 1.29 is 28.6 Å². The highest BCUT2D eigenvalue weighted by molar-refractivity contribution is 6.15. The van der Waals surface area contributed by atoms with Crippen molar-refractivity contribution >= 4 is 11.7 Å². The molecule has 2 aromatic carbocycles. The van der Waals surface area contributed by atoms with Gasteiger partial charge in [-0.3, -0.25) is 9.59 Å². The Kier molecular flexibility index (Phi) is 6.18. The lowest BCUT2D eigenvalue weighted by Crippen LogP contribution is -2.37. The lowest BCUT2D eigenvalue weighted by Gasteiger charge is -2.28. The highest BCUT2D eigenvalue weighted by Crippen LogP contribution is 2.40. The predicted molar refractivity (Wildman–Crippen MR) is 123 cm³/mol. The Morgan fingerprint density at radius 1 is 1.06 bits per heavy atom. The fraction of sp³-hybridized carbons (Fsp3) is 0.259. The minimum Gasteiger partial charge on any atom is -0.503 e. The molecule has 1 fully saturated rings. The van der Waals surface area contributed by atoms with Crippen LogP contribution in [-0.2, 0) is 16.1 Å². The monoisotopic (exact) mass is 459 g/mol. The first-order chi connectivity index (χ1) is 16.6. The molecule has 34 heavy (non-hydrogen) atoms. The number of carbonyl (C=O) groups excluding carboxylic acids is 2. The Morgan fingerprint density at radius 2 is 1.85 bits per heavy atom. The lowest BCUT2D eigenvalue weighted by molar-refractivity contribution is -0.131. The Labute approximate surface area is 197 Å². The normalized spacial score (nSPS) is 20.2. The van der Waals surface area contributed by atoms with Crippen LogP contribution < -0.4 is 4.74 Å². The fourth-order valence-electron chi connectivity index (χ4n) is 4.46. The minimum atomic E-state index is -0.752. The molecule has 1 aromatic heterocycles. The summed E-state index contributed by atoms with van der Waals surface area (Å²) in [6.07, 6.45) is 3.00. The van der Waals surface area contributed by atoms with Gasteiger partial charge in [-0.2, -0.15) is 0 Å². The number of furan rings is 1. The molecule has 1 N–H and O–H groups in total. The van der Waals surface area contributed by atoms with Gasteiger partial charge >= 0.3 is 0 Å². The molecule has 0 radical (unpaired) electrons. The number of carbonyl (C=O) groups is 2. The number of benzene rings is 2. The molecule has 2 aliphatic heterocycles. The summed E-state index contributed by atoms with van der Waals surface area (Å²) < 4.78 is 16.9. The van der Waals surface area contributed by atoms with Gasteiger partial charge in [0.05, 0.1) is 24.0 Å². The summed E-state index contributed by atoms with van der Waals surface area (Å²) in [4.78, 5) is 27.8. The molecule has 7 heteroatoms. The molecular weight excluding hydrogens is 434 g/mol. The lowest BCUT2D eigenvalue weighted by atomic mass is 9.95. The topological polar surface area (TPSA) is 89.2 Å². The third-order valence-electron chi connectivity index (χ3n) is 6.16. The van der Waals surface area contributed by atoms with Gasteiger partial charge in [0.1, 0.15) is 12.4 Å². The second kappa shape index (κ2) is 9.57. The summed E-state index contributed by atoms with van der Waals surface area (Å²) >= 11 is 0. The van der Waals surface area contributed by atoms with Crippen LogP contribution in [0.2, 0.25) is 0 Å². The van der Waals surface area contributed by atoms with Gasteiger partial charge in [-0.05, 0) is 48.2 Å². The average molecular weight is 459 g/mol. The number of hydrogen-bond donors (Lipinski definition) is 1. The predicted octanol–water partition coefficient (Wildman–Crippen LogP) is 4.62. The molecule has 2 aliphatic rings. The molecule has 7 nitrogen and oxygen atoms in total. The summed E-state index contributed by atoms with van der Waals surface area (Å²) in [5.41, 5.74) is 1.75. The van der Waals surface area contributed by atoms with Crippen molar-refractivity contribution in [1.29, 1.82) is 0 Å². The quantitative estimate of drug-likeness (QED) is 0.495. The molecule has 2 atom stereocenters. The zero-order chi connectivity index (χ0) is 23.5. The number of nitrogens with zero attached hydrogens (tertiary/aromatic N) is 1. The van der Waals surface area contributed by atoms with E-state index in [2.05, 4.69) is 0 Å². The van der Waals surface area contributed by atoms with Gasteiger partial charge in [0.2, 0.25) is 5.78 Å². The van der Waals surface area contributed by atoms with Crippen LogP contribution in [0.3, 0.4) is 0 Å². The molecule has 0 aliphatic carbocycles. The number of aliphatic hydroxyl groups is 1. The summed E-state index contributed by atoms with van der Waals surface area (Å²) in [5.74, 6) is -0.912. The standard InChI is InChI=1S/C27H25NO6/c29-25(22-9-5-15-33-22)23-24(28(27(31)26(23)30)16-21-8-4-14-32-21)19-10-12-20(13-11-19)34-17-18-6-2-1-3-7-18/h1-3,5-7,9-13,15,21,24,30H,4,8,14,16-17H2/t21-,24+/m0/s1. The second-order valence-corrected chi connectivity index (χ2v) is 8.41. The summed E-state index contributed by atoms with van der Waals surface area (Å²) in [6, 6.07) is 19.4. The van der Waals surface area contributed by atoms with E-state index in [9.17, 15) is 14.7 Å². The number of rotatable bonds is 8. The molecule has 3 aromatic rings. The van der Waals surface area contributed by atoms with Crippen LogP contribution in [0.25, 0.3) is 0 Å². The zero-order valence-corrected chi connectivity index (χ0v) is 18.6. The number of hydrogen-bond acceptors (Lipinski definition) is 6. The van der Waals surface area contributed by atoms with Crippen molar-refractivity contribution in [2.24, 2.45) is 0 Å². The first kappa shape index (κ1) is 22.0. The van der Waals surface area contributed by atoms with Gasteiger partial charge in [0.25, 0.3) is 5.91 Å². The van der Waals surface area contributed by atoms with Crippen LogP contribution in [0, 0.1) is 0 Å². The summed E-state index contributed by atoms with van der Waals surface area (Å²) in [7, 11) is 0. The minimum absolute atomic E-state index is 0.0101. The number of ether oxygens (including phenoxy) is 2. The Bertz CT molecular complexity index is 1180. The molecule has 0 bridgehead atoms. The van der Waals surface area contributed by atoms with Crippen LogP contribution in [0.1, 0.15) is 40.6 Å². The number of amides is 1. The number of ketones is 1. The molecule has 0 spiro atoms. The van der Waals surface area contributed by atoms with Crippen LogP contribution in [0.15, 0.2) is 88.7 Å². The highest BCUT2D eigenvalue weighted by Gasteiger charge is 2.45. The molecule has 1 saturated heterocycles. The molecule has 1 amide bonds. The van der Waals surface area contributed by atoms with E-state index in [1.54, 1.807) is 18.2 Å². The molecule has 3 heterocycles. The van der Waals surface area contributed by atoms with E-state index in [0.717, 1.165) is 18.4 Å². The van der Waals surface area contributed by atoms with E-state index in [1.807, 2.05) is 42.5 Å². The van der Waals surface area contributed by atoms with Crippen molar-refractivity contribution in [3.63, 3.8) is 0 Å². The van der Waals surface area contributed by atoms with Crippen molar-refractivity contribution in [2.45, 2.75) is 31.6 Å². The first-order valence-electron chi connectivity index (χ1n) is 11.3. The Hall–Kier alpha value is -3.84. The average Bonchev–Trinajstić information content (AvgIpc) is 3.63. The van der Waals surface area contributed by atoms with Gasteiger partial charge < -0.3 is 23.9 Å². The number of aliphatic hydroxyl groups excluding tert-OH is 1. The van der Waals surface area contributed by atoms with E-state index in [-0.39, 0.29) is 24.0 Å². The third kappa shape index (κ3) is 4.34. The summed E-state index contributed by atoms with van der Waals surface area (Å²) in [5, 5.41) is 10.7. The largest absolute Gasteiger partial charge is 0.503 e. The maximum absolute atomic E-state index is 13.2. The third-order valence-corrected chi connectivity index (χ3v) is 6.16. The van der Waals surface area contributed by atoms with E-state index in [0.29, 0.717) is 24.5 Å². The molecule has 5 rings (SSSR count). The van der Waals surface area contributed by atoms with Crippen LogP contribution in [0.4, 0.5) is 0 Å². The Morgan fingerprint density at radius 3 is 2.53 bits per heavy atom. The van der Waals surface area contributed by atoms with Gasteiger partial charge in [0.15, 0.2) is 11.5 Å². The Balaban J connectivity index is 1.43. The SMILES string of the molecule is O=C(C1=C(O)C(=O)N(C[C@@H]2CCCO2)[C@@H]1c1ccc(OCc2ccccc2)cc1)c1ccco1. The maximum Gasteiger partial charge on any atom is 0.290 e. The fourth-order valence-corrected chi connectivity index (χ4v) is 4.46. The van der Waals surface area contributed by atoms with E-state index in [4.69, 9.17) is 13.9 Å². The first-order valence-corrected chi connectivity index (χ1v) is 11.3. The molecule has 0 saturated carbocycles. The van der Waals surface area contributed by atoms with Crippen LogP contribution >= 0.6 is 0 Å². The van der Waals surface area contributed by atoms with Gasteiger partial charge in [-0.15, -0.1) is 0 Å². The van der Waals surface area contributed by atoms with E-state index >= 15 is 0 Å². The second-order valence-electron chi connectivity index (χ2n) is 8.41. The van der Waals surface area contributed by atoms with Gasteiger partial charge in [-0.1, -0.05) is 42.5 Å². The zero-order valence-electron chi connectivity index (χ0n) is 18.6. The molecule has 174 valence electrons. The van der Waals surface area contributed by atoms with E-state index < -0.39 is 23.5 Å². The van der Waals surface area contributed by atoms with Crippen molar-refractivity contribution in [3.05, 3.63) is 101 Å². The maximum atomic E-state index is 13.2. The van der Waals surface area contributed by atoms with Gasteiger partial charge in [-0.25, -0.2) is 0 Å². The van der Waals surface area contributed by atoms with Crippen molar-refractivity contribution in [3.8, 4) is 5.75 Å². The van der Waals surface area contributed by atoms with Crippen molar-refractivity contribution in [1.82, 2.24) is 4.90 Å². The van der Waals surface area contributed by atoms with E-state index in [1.165, 1.54) is 17.2 Å². The molecular formula is C27H25NO6. The van der Waals surface area contributed by atoms with Crippen LogP contribution in [0.5, 0.6) is 5.75 Å². The molecule has 0 unspecified atom stereocenters. The van der Waals surface area contributed by atoms with Crippen molar-refractivity contribution in [2.75, 3.05) is 13.2 Å². The highest BCUT2D eigenvalue weighted by atomic mass is 16.5. The smallest absolute Gasteiger partial charge is 0.290 e. The number of Topliss-reactive ketones (excluding diaryl/α,β-unsaturated/α-hetero) is 1. The van der Waals surface area contributed by atoms with Crippen LogP contribution in [-0.4, -0.2) is 41.0 Å². The van der Waals surface area contributed by atoms with Gasteiger partial charge in [0, 0.05) is 13.2 Å².